The van der Waals surface area contributed by atoms with Gasteiger partial charge < -0.3 is 4.74 Å². The Morgan fingerprint density at radius 2 is 1.50 bits per heavy atom. The zero-order chi connectivity index (χ0) is 10.1. The summed E-state index contributed by atoms with van der Waals surface area (Å²) < 4.78 is 5.47. The van der Waals surface area contributed by atoms with Crippen molar-refractivity contribution in [1.29, 1.82) is 0 Å². The van der Waals surface area contributed by atoms with Gasteiger partial charge in [0.2, 0.25) is 0 Å². The summed E-state index contributed by atoms with van der Waals surface area (Å²) in [6, 6.07) is 0. The largest absolute Gasteiger partial charge is 0.381 e. The van der Waals surface area contributed by atoms with E-state index in [1.165, 1.54) is 57.8 Å². The van der Waals surface area contributed by atoms with Gasteiger partial charge in [-0.1, -0.05) is 31.4 Å². The molecule has 1 atom stereocenters. The predicted molar refractivity (Wildman–Crippen MR) is 61.5 cm³/mol. The molecular weight excluding hydrogens is 172 g/mol. The number of methoxy groups -OCH3 is 1. The Hall–Kier alpha value is -0.300. The van der Waals surface area contributed by atoms with Gasteiger partial charge >= 0.3 is 0 Å². The summed E-state index contributed by atoms with van der Waals surface area (Å²) in [5, 5.41) is 0. The third-order valence-electron chi connectivity index (χ3n) is 3.04. The molecule has 1 nitrogen and oxygen atoms in total. The van der Waals surface area contributed by atoms with Crippen molar-refractivity contribution in [3.8, 4) is 0 Å². The Kier molecular flexibility index (Phi) is 6.77. The van der Waals surface area contributed by atoms with Crippen LogP contribution >= 0.6 is 0 Å². The van der Waals surface area contributed by atoms with Gasteiger partial charge in [-0.2, -0.15) is 0 Å². The molecule has 1 aliphatic carbocycles. The van der Waals surface area contributed by atoms with E-state index in [9.17, 15) is 0 Å². The summed E-state index contributed by atoms with van der Waals surface area (Å²) in [5.41, 5.74) is 0. The van der Waals surface area contributed by atoms with Crippen LogP contribution in [0.1, 0.15) is 57.8 Å². The van der Waals surface area contributed by atoms with Crippen LogP contribution in [0.4, 0.5) is 0 Å². The molecule has 1 heteroatoms. The average molecular weight is 196 g/mol. The Morgan fingerprint density at radius 3 is 2.29 bits per heavy atom. The first-order valence-electron chi connectivity index (χ1n) is 6.11. The molecule has 0 spiro atoms. The first-order chi connectivity index (χ1) is 6.93. The maximum atomic E-state index is 5.47. The van der Waals surface area contributed by atoms with Crippen LogP contribution < -0.4 is 0 Å². The highest BCUT2D eigenvalue weighted by atomic mass is 16.5. The molecule has 0 N–H and O–H groups in total. The van der Waals surface area contributed by atoms with Gasteiger partial charge in [-0.05, 0) is 38.5 Å². The second-order valence-corrected chi connectivity index (χ2v) is 4.25. The Balaban J connectivity index is 2.25. The van der Waals surface area contributed by atoms with Crippen molar-refractivity contribution in [1.82, 2.24) is 0 Å². The van der Waals surface area contributed by atoms with Crippen LogP contribution in [-0.2, 0) is 4.74 Å². The molecule has 0 fully saturated rings. The third kappa shape index (κ3) is 5.43. The quantitative estimate of drug-likeness (QED) is 0.574. The fraction of sp³-hybridized carbons (Fsp3) is 0.846. The SMILES string of the molecule is COC1CCCC=CCCCCCC1. The number of ether oxygens (including phenoxy) is 1. The fourth-order valence-corrected chi connectivity index (χ4v) is 2.07. The molecule has 0 aromatic rings. The topological polar surface area (TPSA) is 9.23 Å². The summed E-state index contributed by atoms with van der Waals surface area (Å²) in [4.78, 5) is 0. The van der Waals surface area contributed by atoms with Gasteiger partial charge in [-0.25, -0.2) is 0 Å². The van der Waals surface area contributed by atoms with Crippen molar-refractivity contribution in [2.24, 2.45) is 0 Å². The number of rotatable bonds is 1. The summed E-state index contributed by atoms with van der Waals surface area (Å²) >= 11 is 0. The fourth-order valence-electron chi connectivity index (χ4n) is 2.07. The van der Waals surface area contributed by atoms with Gasteiger partial charge in [0.25, 0.3) is 0 Å². The lowest BCUT2D eigenvalue weighted by atomic mass is 10.0. The van der Waals surface area contributed by atoms with Crippen molar-refractivity contribution in [3.63, 3.8) is 0 Å². The van der Waals surface area contributed by atoms with E-state index in [0.29, 0.717) is 6.10 Å². The molecule has 1 aliphatic rings. The van der Waals surface area contributed by atoms with E-state index in [1.54, 1.807) is 0 Å². The summed E-state index contributed by atoms with van der Waals surface area (Å²) in [7, 11) is 1.85. The van der Waals surface area contributed by atoms with Gasteiger partial charge in [-0.15, -0.1) is 0 Å². The molecule has 0 bridgehead atoms. The highest BCUT2D eigenvalue weighted by Crippen LogP contribution is 2.15. The average Bonchev–Trinajstić information content (AvgIpc) is 2.19. The molecule has 0 amide bonds. The van der Waals surface area contributed by atoms with E-state index >= 15 is 0 Å². The van der Waals surface area contributed by atoms with E-state index in [2.05, 4.69) is 12.2 Å². The monoisotopic (exact) mass is 196 g/mol. The summed E-state index contributed by atoms with van der Waals surface area (Å²) in [6.07, 6.45) is 17.0. The van der Waals surface area contributed by atoms with Crippen LogP contribution in [0.2, 0.25) is 0 Å². The van der Waals surface area contributed by atoms with E-state index in [0.717, 1.165) is 0 Å². The van der Waals surface area contributed by atoms with Crippen molar-refractivity contribution >= 4 is 0 Å². The molecule has 0 saturated heterocycles. The molecule has 0 heterocycles. The van der Waals surface area contributed by atoms with Gasteiger partial charge in [-0.3, -0.25) is 0 Å². The number of hydrogen-bond donors (Lipinski definition) is 0. The Morgan fingerprint density at radius 1 is 0.857 bits per heavy atom. The second kappa shape index (κ2) is 8.05. The molecule has 0 radical (unpaired) electrons. The maximum Gasteiger partial charge on any atom is 0.0571 e. The second-order valence-electron chi connectivity index (χ2n) is 4.25. The van der Waals surface area contributed by atoms with Crippen molar-refractivity contribution in [2.75, 3.05) is 7.11 Å². The van der Waals surface area contributed by atoms with Crippen LogP contribution in [0.5, 0.6) is 0 Å². The van der Waals surface area contributed by atoms with Crippen LogP contribution in [-0.4, -0.2) is 13.2 Å². The van der Waals surface area contributed by atoms with E-state index < -0.39 is 0 Å². The standard InChI is InChI=1S/C13H24O/c1-14-13-11-9-7-5-3-2-4-6-8-10-12-13/h3,5,13H,2,4,6-12H2,1H3. The van der Waals surface area contributed by atoms with E-state index in [1.807, 2.05) is 7.11 Å². The zero-order valence-electron chi connectivity index (χ0n) is 9.50. The minimum Gasteiger partial charge on any atom is -0.381 e. The molecule has 0 aromatic heterocycles. The maximum absolute atomic E-state index is 5.47. The first kappa shape index (κ1) is 11.8. The third-order valence-corrected chi connectivity index (χ3v) is 3.04. The van der Waals surface area contributed by atoms with Crippen LogP contribution in [0.3, 0.4) is 0 Å². The first-order valence-corrected chi connectivity index (χ1v) is 6.11. The van der Waals surface area contributed by atoms with Crippen LogP contribution in [0, 0.1) is 0 Å². The lowest BCUT2D eigenvalue weighted by Crippen LogP contribution is -2.10. The molecular formula is C13H24O. The minimum atomic E-state index is 0.517. The van der Waals surface area contributed by atoms with Crippen LogP contribution in [0.15, 0.2) is 12.2 Å². The number of hydrogen-bond acceptors (Lipinski definition) is 1. The van der Waals surface area contributed by atoms with Crippen LogP contribution in [0.25, 0.3) is 0 Å². The van der Waals surface area contributed by atoms with Gasteiger partial charge in [0.05, 0.1) is 6.10 Å². The molecule has 0 saturated carbocycles. The lowest BCUT2D eigenvalue weighted by molar-refractivity contribution is 0.0840. The normalized spacial score (nSPS) is 26.5. The highest BCUT2D eigenvalue weighted by Gasteiger charge is 2.06. The molecule has 1 unspecified atom stereocenters. The highest BCUT2D eigenvalue weighted by molar-refractivity contribution is 4.82. The minimum absolute atomic E-state index is 0.517. The molecule has 1 rings (SSSR count). The smallest absolute Gasteiger partial charge is 0.0571 e. The Labute approximate surface area is 88.5 Å². The van der Waals surface area contributed by atoms with Crippen molar-refractivity contribution in [3.05, 3.63) is 12.2 Å². The molecule has 82 valence electrons. The van der Waals surface area contributed by atoms with Crippen molar-refractivity contribution < 1.29 is 4.74 Å². The van der Waals surface area contributed by atoms with E-state index in [-0.39, 0.29) is 0 Å². The Bertz CT molecular complexity index is 151. The van der Waals surface area contributed by atoms with Gasteiger partial charge in [0.1, 0.15) is 0 Å². The number of allylic oxidation sites excluding steroid dienone is 2. The molecule has 14 heavy (non-hydrogen) atoms. The lowest BCUT2D eigenvalue weighted by Gasteiger charge is -2.14. The van der Waals surface area contributed by atoms with Gasteiger partial charge in [0.15, 0.2) is 0 Å². The predicted octanol–water partition coefficient (Wildman–Crippen LogP) is 4.08. The zero-order valence-corrected chi connectivity index (χ0v) is 9.50. The summed E-state index contributed by atoms with van der Waals surface area (Å²) in [5.74, 6) is 0. The van der Waals surface area contributed by atoms with Gasteiger partial charge in [0, 0.05) is 7.11 Å². The van der Waals surface area contributed by atoms with Crippen molar-refractivity contribution in [2.45, 2.75) is 63.9 Å². The summed E-state index contributed by atoms with van der Waals surface area (Å²) in [6.45, 7) is 0. The van der Waals surface area contributed by atoms with E-state index in [4.69, 9.17) is 4.74 Å². The molecule has 0 aliphatic heterocycles. The molecule has 0 aromatic carbocycles.